The van der Waals surface area contributed by atoms with Crippen LogP contribution in [0, 0.1) is 6.92 Å². The molecule has 11 rings (SSSR count). The van der Waals surface area contributed by atoms with E-state index in [0.29, 0.717) is 0 Å². The molecule has 0 spiro atoms. The Kier molecular flexibility index (Phi) is 9.02. The van der Waals surface area contributed by atoms with Crippen molar-refractivity contribution < 1.29 is 0 Å². The minimum atomic E-state index is -0.502. The molecule has 10 aromatic carbocycles. The number of anilines is 3. The van der Waals surface area contributed by atoms with Crippen LogP contribution in [-0.2, 0) is 5.41 Å². The quantitative estimate of drug-likeness (QED) is 0.149. The van der Waals surface area contributed by atoms with Gasteiger partial charge in [0, 0.05) is 17.1 Å². The largest absolute Gasteiger partial charge is 0.310 e. The highest BCUT2D eigenvalue weighted by Crippen LogP contribution is 2.58. The van der Waals surface area contributed by atoms with Gasteiger partial charge in [0.25, 0.3) is 0 Å². The SMILES string of the molecule is Cc1ccc(-c2ccccc2)cc1N(c1ccc(-c2ccccc2-c2ccccc2)cc1)c1ccc2c(c1)-c1cc3ccccc3cc1C2(c1ccccc1)c1ccccc1. The van der Waals surface area contributed by atoms with Crippen LogP contribution in [0.2, 0.25) is 0 Å². The zero-order chi connectivity index (χ0) is 40.8. The molecule has 0 heterocycles. The van der Waals surface area contributed by atoms with Gasteiger partial charge in [-0.2, -0.15) is 0 Å². The average Bonchev–Trinajstić information content (AvgIpc) is 3.62. The summed E-state index contributed by atoms with van der Waals surface area (Å²) in [5, 5.41) is 2.48. The van der Waals surface area contributed by atoms with E-state index in [2.05, 4.69) is 254 Å². The molecule has 0 fully saturated rings. The fourth-order valence-electron chi connectivity index (χ4n) is 9.79. The van der Waals surface area contributed by atoms with Crippen LogP contribution in [0.4, 0.5) is 17.1 Å². The molecule has 0 radical (unpaired) electrons. The highest BCUT2D eigenvalue weighted by molar-refractivity contribution is 5.97. The van der Waals surface area contributed by atoms with Crippen molar-refractivity contribution >= 4 is 27.8 Å². The van der Waals surface area contributed by atoms with Crippen molar-refractivity contribution in [2.24, 2.45) is 0 Å². The molecule has 0 aliphatic heterocycles. The van der Waals surface area contributed by atoms with Crippen LogP contribution in [0.3, 0.4) is 0 Å². The van der Waals surface area contributed by atoms with Gasteiger partial charge >= 0.3 is 0 Å². The minimum Gasteiger partial charge on any atom is -0.310 e. The molecule has 1 aliphatic carbocycles. The van der Waals surface area contributed by atoms with Crippen LogP contribution in [0.1, 0.15) is 27.8 Å². The topological polar surface area (TPSA) is 3.24 Å². The van der Waals surface area contributed by atoms with Crippen molar-refractivity contribution in [3.63, 3.8) is 0 Å². The first-order chi connectivity index (χ1) is 30.2. The smallest absolute Gasteiger partial charge is 0.0713 e. The van der Waals surface area contributed by atoms with E-state index in [-0.39, 0.29) is 0 Å². The Labute approximate surface area is 358 Å². The summed E-state index contributed by atoms with van der Waals surface area (Å²) < 4.78 is 0. The van der Waals surface area contributed by atoms with Gasteiger partial charge in [-0.25, -0.2) is 0 Å². The van der Waals surface area contributed by atoms with Gasteiger partial charge in [0.1, 0.15) is 0 Å². The number of fused-ring (bicyclic) bond motifs is 4. The molecule has 0 saturated carbocycles. The van der Waals surface area contributed by atoms with E-state index in [1.807, 2.05) is 0 Å². The van der Waals surface area contributed by atoms with Gasteiger partial charge in [0.05, 0.1) is 5.41 Å². The molecule has 0 aromatic heterocycles. The molecular weight excluding hydrogens is 735 g/mol. The molecular formula is C60H43N. The van der Waals surface area contributed by atoms with Crippen molar-refractivity contribution in [1.82, 2.24) is 0 Å². The summed E-state index contributed by atoms with van der Waals surface area (Å²) in [5.41, 5.74) is 18.9. The van der Waals surface area contributed by atoms with E-state index in [0.717, 1.165) is 17.1 Å². The third kappa shape index (κ3) is 6.17. The molecule has 0 bridgehead atoms. The second-order valence-corrected chi connectivity index (χ2v) is 16.1. The number of hydrogen-bond acceptors (Lipinski definition) is 1. The summed E-state index contributed by atoms with van der Waals surface area (Å²) in [4.78, 5) is 2.46. The van der Waals surface area contributed by atoms with Gasteiger partial charge in [0.2, 0.25) is 0 Å². The molecule has 10 aromatic rings. The van der Waals surface area contributed by atoms with Gasteiger partial charge < -0.3 is 4.90 Å². The first-order valence-corrected chi connectivity index (χ1v) is 21.2. The first kappa shape index (κ1) is 36.3. The molecule has 61 heavy (non-hydrogen) atoms. The lowest BCUT2D eigenvalue weighted by atomic mass is 9.67. The zero-order valence-electron chi connectivity index (χ0n) is 34.0. The number of benzene rings is 10. The molecule has 1 nitrogen and oxygen atoms in total. The molecule has 1 aliphatic rings. The molecule has 0 atom stereocenters. The van der Waals surface area contributed by atoms with Crippen molar-refractivity contribution in [3.8, 4) is 44.5 Å². The molecule has 0 amide bonds. The lowest BCUT2D eigenvalue weighted by Crippen LogP contribution is -2.28. The van der Waals surface area contributed by atoms with Gasteiger partial charge in [-0.15, -0.1) is 0 Å². The molecule has 0 N–H and O–H groups in total. The Morgan fingerprint density at radius 2 is 0.787 bits per heavy atom. The van der Waals surface area contributed by atoms with E-state index in [1.54, 1.807) is 0 Å². The summed E-state index contributed by atoms with van der Waals surface area (Å²) in [7, 11) is 0. The van der Waals surface area contributed by atoms with Crippen molar-refractivity contribution in [2.45, 2.75) is 12.3 Å². The van der Waals surface area contributed by atoms with E-state index in [9.17, 15) is 0 Å². The minimum absolute atomic E-state index is 0.502. The molecule has 288 valence electrons. The maximum atomic E-state index is 2.46. The average molecular weight is 778 g/mol. The van der Waals surface area contributed by atoms with Crippen molar-refractivity contribution in [3.05, 3.63) is 270 Å². The molecule has 1 heteroatoms. The summed E-state index contributed by atoms with van der Waals surface area (Å²) in [6.45, 7) is 2.23. The van der Waals surface area contributed by atoms with E-state index >= 15 is 0 Å². The van der Waals surface area contributed by atoms with Crippen LogP contribution in [-0.4, -0.2) is 0 Å². The fraction of sp³-hybridized carbons (Fsp3) is 0.0333. The monoisotopic (exact) mass is 777 g/mol. The van der Waals surface area contributed by atoms with Crippen LogP contribution >= 0.6 is 0 Å². The van der Waals surface area contributed by atoms with Gasteiger partial charge in [-0.3, -0.25) is 0 Å². The molecule has 0 unspecified atom stereocenters. The Hall–Kier alpha value is -7.74. The Balaban J connectivity index is 1.14. The first-order valence-electron chi connectivity index (χ1n) is 21.2. The van der Waals surface area contributed by atoms with Crippen LogP contribution in [0.5, 0.6) is 0 Å². The molecule has 0 saturated heterocycles. The Bertz CT molecular complexity index is 3130. The summed E-state index contributed by atoms with van der Waals surface area (Å²) in [6, 6.07) is 89.1. The maximum absolute atomic E-state index is 2.46. The van der Waals surface area contributed by atoms with Gasteiger partial charge in [0.15, 0.2) is 0 Å². The fourth-order valence-corrected chi connectivity index (χ4v) is 9.79. The van der Waals surface area contributed by atoms with Crippen LogP contribution in [0.15, 0.2) is 243 Å². The lowest BCUT2D eigenvalue weighted by molar-refractivity contribution is 0.769. The maximum Gasteiger partial charge on any atom is 0.0713 e. The number of rotatable bonds is 8. The van der Waals surface area contributed by atoms with Gasteiger partial charge in [-0.05, 0) is 132 Å². The predicted octanol–water partition coefficient (Wildman–Crippen LogP) is 16.0. The Morgan fingerprint density at radius 1 is 0.311 bits per heavy atom. The number of hydrogen-bond donors (Lipinski definition) is 0. The predicted molar refractivity (Wildman–Crippen MR) is 257 cm³/mol. The third-order valence-corrected chi connectivity index (χ3v) is 12.7. The van der Waals surface area contributed by atoms with Crippen LogP contribution in [0.25, 0.3) is 55.3 Å². The third-order valence-electron chi connectivity index (χ3n) is 12.7. The highest BCUT2D eigenvalue weighted by Gasteiger charge is 2.46. The zero-order valence-corrected chi connectivity index (χ0v) is 34.0. The normalized spacial score (nSPS) is 12.5. The van der Waals surface area contributed by atoms with E-state index in [4.69, 9.17) is 0 Å². The summed E-state index contributed by atoms with van der Waals surface area (Å²) in [6.07, 6.45) is 0. The summed E-state index contributed by atoms with van der Waals surface area (Å²) >= 11 is 0. The summed E-state index contributed by atoms with van der Waals surface area (Å²) in [5.74, 6) is 0. The Morgan fingerprint density at radius 3 is 1.41 bits per heavy atom. The van der Waals surface area contributed by atoms with Gasteiger partial charge in [-0.1, -0.05) is 200 Å². The van der Waals surface area contributed by atoms with Crippen molar-refractivity contribution in [2.75, 3.05) is 4.90 Å². The van der Waals surface area contributed by atoms with E-state index < -0.39 is 5.41 Å². The standard InChI is InChI=1S/C60H43N/c1-42-30-31-48(43-18-6-2-7-19-43)40-59(42)61(51-34-32-45(33-35-51)54-29-17-16-28-53(54)44-20-8-3-9-21-44)52-36-37-57-56(41-52)55-38-46-22-14-15-23-47(46)39-58(55)60(57,49-24-10-4-11-25-49)50-26-12-5-13-27-50/h2-41H,1H3. The highest BCUT2D eigenvalue weighted by atomic mass is 15.1. The van der Waals surface area contributed by atoms with Crippen molar-refractivity contribution in [1.29, 1.82) is 0 Å². The lowest BCUT2D eigenvalue weighted by Gasteiger charge is -2.34. The van der Waals surface area contributed by atoms with Crippen LogP contribution < -0.4 is 4.90 Å². The number of aryl methyl sites for hydroxylation is 1. The second-order valence-electron chi connectivity index (χ2n) is 16.1. The number of nitrogens with zero attached hydrogens (tertiary/aromatic N) is 1. The van der Waals surface area contributed by atoms with E-state index in [1.165, 1.54) is 83.1 Å². The second kappa shape index (κ2) is 15.1.